The Bertz CT molecular complexity index is 432. The van der Waals surface area contributed by atoms with Crippen molar-refractivity contribution in [1.82, 2.24) is 5.32 Å². The normalized spacial score (nSPS) is 11.2. The lowest BCUT2D eigenvalue weighted by molar-refractivity contribution is -0.125. The van der Waals surface area contributed by atoms with Crippen molar-refractivity contribution in [3.63, 3.8) is 0 Å². The summed E-state index contributed by atoms with van der Waals surface area (Å²) in [5.41, 5.74) is 0.150. The van der Waals surface area contributed by atoms with Gasteiger partial charge in [0.15, 0.2) is 6.61 Å². The number of nitrogens with one attached hydrogen (secondary N) is 1. The number of halogens is 1. The molecule has 4 nitrogen and oxygen atoms in total. The van der Waals surface area contributed by atoms with Crippen molar-refractivity contribution >= 4 is 17.5 Å². The molecule has 0 unspecified atom stereocenters. The number of carbonyl (C=O) groups excluding carboxylic acids is 1. The molecular weight excluding hydrogens is 254 g/mol. The number of rotatable bonds is 5. The third-order valence-corrected chi connectivity index (χ3v) is 2.86. The minimum Gasteiger partial charge on any atom is -0.483 e. The van der Waals surface area contributed by atoms with Gasteiger partial charge in [-0.15, -0.1) is 0 Å². The first kappa shape index (κ1) is 14.8. The summed E-state index contributed by atoms with van der Waals surface area (Å²) in [4.78, 5) is 11.6. The summed E-state index contributed by atoms with van der Waals surface area (Å²) >= 11 is 5.94. The Labute approximate surface area is 112 Å². The van der Waals surface area contributed by atoms with Gasteiger partial charge in [-0.1, -0.05) is 17.7 Å². The molecule has 1 aromatic carbocycles. The van der Waals surface area contributed by atoms with Crippen LogP contribution in [-0.4, -0.2) is 29.8 Å². The van der Waals surface area contributed by atoms with Crippen LogP contribution in [0, 0.1) is 6.92 Å². The number of hydrogen-bond acceptors (Lipinski definition) is 3. The Hall–Kier alpha value is -1.26. The number of carbonyl (C=O) groups is 1. The monoisotopic (exact) mass is 271 g/mol. The Kier molecular flexibility index (Phi) is 4.99. The van der Waals surface area contributed by atoms with Crippen molar-refractivity contribution in [1.29, 1.82) is 0 Å². The lowest BCUT2D eigenvalue weighted by Crippen LogP contribution is -2.48. The fraction of sp³-hybridized carbons (Fsp3) is 0.462. The van der Waals surface area contributed by atoms with Crippen LogP contribution in [0.3, 0.4) is 0 Å². The highest BCUT2D eigenvalue weighted by molar-refractivity contribution is 6.31. The molecule has 0 fully saturated rings. The van der Waals surface area contributed by atoms with Gasteiger partial charge in [-0.2, -0.15) is 0 Å². The van der Waals surface area contributed by atoms with E-state index in [4.69, 9.17) is 21.4 Å². The van der Waals surface area contributed by atoms with E-state index in [0.717, 1.165) is 5.56 Å². The highest BCUT2D eigenvalue weighted by atomic mass is 35.5. The van der Waals surface area contributed by atoms with Crippen molar-refractivity contribution in [3.05, 3.63) is 28.8 Å². The average Bonchev–Trinajstić information content (AvgIpc) is 2.30. The second kappa shape index (κ2) is 6.07. The lowest BCUT2D eigenvalue weighted by atomic mass is 10.1. The summed E-state index contributed by atoms with van der Waals surface area (Å²) in [5.74, 6) is 0.299. The predicted molar refractivity (Wildman–Crippen MR) is 71.0 cm³/mol. The molecule has 0 saturated carbocycles. The maximum Gasteiger partial charge on any atom is 0.258 e. The van der Waals surface area contributed by atoms with Crippen molar-refractivity contribution in [2.24, 2.45) is 0 Å². The molecule has 0 heterocycles. The molecule has 1 aromatic rings. The van der Waals surface area contributed by atoms with Crippen LogP contribution in [0.1, 0.15) is 19.4 Å². The summed E-state index contributed by atoms with van der Waals surface area (Å²) in [6.07, 6.45) is 0. The van der Waals surface area contributed by atoms with Gasteiger partial charge in [-0.25, -0.2) is 0 Å². The van der Waals surface area contributed by atoms with Crippen LogP contribution in [0.2, 0.25) is 5.02 Å². The molecule has 0 spiro atoms. The molecule has 0 aliphatic rings. The van der Waals surface area contributed by atoms with Crippen LogP contribution in [0.5, 0.6) is 5.75 Å². The molecule has 0 radical (unpaired) electrons. The minimum atomic E-state index is -0.649. The zero-order valence-electron chi connectivity index (χ0n) is 10.8. The van der Waals surface area contributed by atoms with Gasteiger partial charge in [0.05, 0.1) is 12.1 Å². The predicted octanol–water partition coefficient (Wildman–Crippen LogP) is 1.91. The molecule has 1 amide bonds. The molecule has 5 heteroatoms. The van der Waals surface area contributed by atoms with E-state index in [9.17, 15) is 4.79 Å². The zero-order chi connectivity index (χ0) is 13.8. The maximum absolute atomic E-state index is 11.6. The summed E-state index contributed by atoms with van der Waals surface area (Å²) in [7, 11) is 0. The molecule has 0 saturated heterocycles. The fourth-order valence-corrected chi connectivity index (χ4v) is 1.51. The van der Waals surface area contributed by atoms with Crippen molar-refractivity contribution in [2.75, 3.05) is 13.2 Å². The van der Waals surface area contributed by atoms with Gasteiger partial charge in [0.1, 0.15) is 5.75 Å². The van der Waals surface area contributed by atoms with Crippen molar-refractivity contribution < 1.29 is 14.6 Å². The van der Waals surface area contributed by atoms with Crippen LogP contribution < -0.4 is 10.1 Å². The third kappa shape index (κ3) is 4.20. The van der Waals surface area contributed by atoms with Crippen molar-refractivity contribution in [2.45, 2.75) is 26.3 Å². The molecule has 2 N–H and O–H groups in total. The van der Waals surface area contributed by atoms with Gasteiger partial charge in [0.25, 0.3) is 5.91 Å². The first-order valence-corrected chi connectivity index (χ1v) is 6.03. The average molecular weight is 272 g/mol. The molecule has 0 atom stereocenters. The molecule has 100 valence electrons. The van der Waals surface area contributed by atoms with E-state index >= 15 is 0 Å². The van der Waals surface area contributed by atoms with Gasteiger partial charge in [0.2, 0.25) is 0 Å². The SMILES string of the molecule is Cc1c(Cl)cccc1OCC(=O)NC(C)(C)CO. The molecule has 0 aliphatic heterocycles. The first-order chi connectivity index (χ1) is 8.35. The van der Waals surface area contributed by atoms with Crippen LogP contribution in [0.4, 0.5) is 0 Å². The highest BCUT2D eigenvalue weighted by Gasteiger charge is 2.19. The van der Waals surface area contributed by atoms with Gasteiger partial charge < -0.3 is 15.2 Å². The largest absolute Gasteiger partial charge is 0.483 e. The molecular formula is C13H18ClNO3. The Morgan fingerprint density at radius 2 is 2.17 bits per heavy atom. The number of amides is 1. The van der Waals surface area contributed by atoms with E-state index in [2.05, 4.69) is 5.32 Å². The maximum atomic E-state index is 11.6. The fourth-order valence-electron chi connectivity index (χ4n) is 1.34. The summed E-state index contributed by atoms with van der Waals surface area (Å²) < 4.78 is 5.39. The van der Waals surface area contributed by atoms with E-state index in [1.807, 2.05) is 6.92 Å². The van der Waals surface area contributed by atoms with Crippen LogP contribution in [-0.2, 0) is 4.79 Å². The quantitative estimate of drug-likeness (QED) is 0.860. The third-order valence-electron chi connectivity index (χ3n) is 2.45. The van der Waals surface area contributed by atoms with Crippen LogP contribution in [0.15, 0.2) is 18.2 Å². The summed E-state index contributed by atoms with van der Waals surface area (Å²) in [6.45, 7) is 5.05. The highest BCUT2D eigenvalue weighted by Crippen LogP contribution is 2.24. The number of aliphatic hydroxyl groups excluding tert-OH is 1. The van der Waals surface area contributed by atoms with E-state index in [1.165, 1.54) is 0 Å². The molecule has 0 bridgehead atoms. The summed E-state index contributed by atoms with van der Waals surface area (Å²) in [6, 6.07) is 5.28. The zero-order valence-corrected chi connectivity index (χ0v) is 11.5. The number of ether oxygens (including phenoxy) is 1. The Morgan fingerprint density at radius 3 is 2.78 bits per heavy atom. The second-order valence-corrected chi connectivity index (χ2v) is 5.15. The Morgan fingerprint density at radius 1 is 1.50 bits per heavy atom. The topological polar surface area (TPSA) is 58.6 Å². The molecule has 0 aromatic heterocycles. The van der Waals surface area contributed by atoms with Gasteiger partial charge >= 0.3 is 0 Å². The Balaban J connectivity index is 2.56. The van der Waals surface area contributed by atoms with Gasteiger partial charge in [-0.05, 0) is 32.9 Å². The standard InChI is InChI=1S/C13H18ClNO3/c1-9-10(14)5-4-6-11(9)18-7-12(17)15-13(2,3)8-16/h4-6,16H,7-8H2,1-3H3,(H,15,17). The number of aliphatic hydroxyl groups is 1. The first-order valence-electron chi connectivity index (χ1n) is 5.65. The van der Waals surface area contributed by atoms with Crippen LogP contribution >= 0.6 is 11.6 Å². The van der Waals surface area contributed by atoms with E-state index in [0.29, 0.717) is 10.8 Å². The smallest absolute Gasteiger partial charge is 0.258 e. The van der Waals surface area contributed by atoms with E-state index in [-0.39, 0.29) is 19.1 Å². The molecule has 0 aliphatic carbocycles. The summed E-state index contributed by atoms with van der Waals surface area (Å²) in [5, 5.41) is 12.3. The van der Waals surface area contributed by atoms with Crippen molar-refractivity contribution in [3.8, 4) is 5.75 Å². The number of benzene rings is 1. The van der Waals surface area contributed by atoms with E-state index in [1.54, 1.807) is 32.0 Å². The van der Waals surface area contributed by atoms with E-state index < -0.39 is 5.54 Å². The van der Waals surface area contributed by atoms with Gasteiger partial charge in [-0.3, -0.25) is 4.79 Å². The van der Waals surface area contributed by atoms with Gasteiger partial charge in [0, 0.05) is 10.6 Å². The molecule has 18 heavy (non-hydrogen) atoms. The lowest BCUT2D eigenvalue weighted by Gasteiger charge is -2.23. The van der Waals surface area contributed by atoms with Crippen LogP contribution in [0.25, 0.3) is 0 Å². The minimum absolute atomic E-state index is 0.107. The number of hydrogen-bond donors (Lipinski definition) is 2. The molecule has 1 rings (SSSR count). The second-order valence-electron chi connectivity index (χ2n) is 4.74.